The van der Waals surface area contributed by atoms with Gasteiger partial charge in [0.15, 0.2) is 5.41 Å². The number of para-hydroxylation sites is 1. The highest BCUT2D eigenvalue weighted by molar-refractivity contribution is 5.99. The number of hydrogen-bond donors (Lipinski definition) is 1. The molecule has 0 fully saturated rings. The van der Waals surface area contributed by atoms with Crippen LogP contribution in [0.4, 0.5) is 0 Å². The minimum absolute atomic E-state index is 0.0372. The number of rotatable bonds is 5. The molecule has 2 rings (SSSR count). The second-order valence-corrected chi connectivity index (χ2v) is 5.03. The number of aliphatic carboxylic acids is 1. The number of benzene rings is 1. The Labute approximate surface area is 122 Å². The number of fused-ring (bicyclic) bond motifs is 1. The molecule has 1 atom stereocenters. The number of esters is 1. The van der Waals surface area contributed by atoms with Crippen molar-refractivity contribution in [2.45, 2.75) is 20.3 Å². The van der Waals surface area contributed by atoms with E-state index in [-0.39, 0.29) is 13.0 Å². The van der Waals surface area contributed by atoms with Gasteiger partial charge >= 0.3 is 11.9 Å². The molecule has 0 aliphatic carbocycles. The molecule has 0 aliphatic rings. The molecule has 110 valence electrons. The molecule has 21 heavy (non-hydrogen) atoms. The van der Waals surface area contributed by atoms with Gasteiger partial charge in [0.1, 0.15) is 0 Å². The molecule has 0 saturated heterocycles. The Hall–Kier alpha value is -2.43. The van der Waals surface area contributed by atoms with Gasteiger partial charge in [-0.25, -0.2) is 0 Å². The van der Waals surface area contributed by atoms with E-state index in [0.717, 1.165) is 5.39 Å². The molecular weight excluding hydrogens is 270 g/mol. The molecule has 1 N–H and O–H groups in total. The number of aromatic nitrogens is 1. The van der Waals surface area contributed by atoms with E-state index in [1.807, 2.05) is 24.3 Å². The van der Waals surface area contributed by atoms with Crippen molar-refractivity contribution >= 4 is 22.8 Å². The number of carboxylic acids is 1. The minimum atomic E-state index is -1.62. The lowest BCUT2D eigenvalue weighted by atomic mass is 9.83. The van der Waals surface area contributed by atoms with Crippen molar-refractivity contribution in [3.63, 3.8) is 0 Å². The average molecular weight is 287 g/mol. The summed E-state index contributed by atoms with van der Waals surface area (Å²) >= 11 is 0. The van der Waals surface area contributed by atoms with Crippen LogP contribution in [0, 0.1) is 5.41 Å². The van der Waals surface area contributed by atoms with Gasteiger partial charge in [-0.1, -0.05) is 24.3 Å². The molecular formula is C16H17NO4. The quantitative estimate of drug-likeness (QED) is 0.675. The predicted molar refractivity (Wildman–Crippen MR) is 77.8 cm³/mol. The van der Waals surface area contributed by atoms with Crippen LogP contribution in [0.3, 0.4) is 0 Å². The summed E-state index contributed by atoms with van der Waals surface area (Å²) in [7, 11) is 0. The first-order valence-corrected chi connectivity index (χ1v) is 6.72. The second-order valence-electron chi connectivity index (χ2n) is 5.03. The van der Waals surface area contributed by atoms with Crippen molar-refractivity contribution in [2.75, 3.05) is 6.61 Å². The lowest BCUT2D eigenvalue weighted by Crippen LogP contribution is -2.40. The summed E-state index contributed by atoms with van der Waals surface area (Å²) in [6, 6.07) is 9.22. The molecule has 0 spiro atoms. The van der Waals surface area contributed by atoms with Crippen LogP contribution in [0.1, 0.15) is 19.4 Å². The van der Waals surface area contributed by atoms with E-state index >= 15 is 0 Å². The first-order valence-electron chi connectivity index (χ1n) is 6.72. The van der Waals surface area contributed by atoms with Crippen molar-refractivity contribution in [2.24, 2.45) is 5.41 Å². The average Bonchev–Trinajstić information content (AvgIpc) is 2.47. The highest BCUT2D eigenvalue weighted by Crippen LogP contribution is 2.28. The fraction of sp³-hybridized carbons (Fsp3) is 0.312. The molecule has 5 heteroatoms. The molecule has 1 heterocycles. The number of hydrogen-bond acceptors (Lipinski definition) is 4. The highest BCUT2D eigenvalue weighted by Gasteiger charge is 2.43. The van der Waals surface area contributed by atoms with Crippen LogP contribution >= 0.6 is 0 Å². The maximum Gasteiger partial charge on any atom is 0.323 e. The molecule has 0 radical (unpaired) electrons. The van der Waals surface area contributed by atoms with Crippen molar-refractivity contribution in [3.8, 4) is 0 Å². The van der Waals surface area contributed by atoms with Crippen molar-refractivity contribution in [1.29, 1.82) is 0 Å². The van der Waals surface area contributed by atoms with E-state index in [4.69, 9.17) is 4.74 Å². The minimum Gasteiger partial charge on any atom is -0.480 e. The molecule has 1 aromatic carbocycles. The van der Waals surface area contributed by atoms with Gasteiger partial charge in [0, 0.05) is 18.0 Å². The molecule has 5 nitrogen and oxygen atoms in total. The summed E-state index contributed by atoms with van der Waals surface area (Å²) < 4.78 is 4.91. The number of carbonyl (C=O) groups excluding carboxylic acids is 1. The van der Waals surface area contributed by atoms with Crippen molar-refractivity contribution in [1.82, 2.24) is 4.98 Å². The number of ether oxygens (including phenoxy) is 1. The number of nitrogens with zero attached hydrogens (tertiary/aromatic N) is 1. The van der Waals surface area contributed by atoms with Crippen LogP contribution < -0.4 is 0 Å². The van der Waals surface area contributed by atoms with E-state index in [1.54, 1.807) is 19.2 Å². The standard InChI is InChI=1S/C16H17NO4/c1-3-21-15(20)16(2,14(18)19)10-12-7-4-6-11-8-5-9-17-13(11)12/h4-9H,3,10H2,1-2H3,(H,18,19). The normalized spacial score (nSPS) is 13.6. The Kier molecular flexibility index (Phi) is 4.21. The Morgan fingerprint density at radius 3 is 2.67 bits per heavy atom. The van der Waals surface area contributed by atoms with Crippen LogP contribution in [-0.4, -0.2) is 28.6 Å². The third-order valence-electron chi connectivity index (χ3n) is 3.46. The maximum atomic E-state index is 12.0. The summed E-state index contributed by atoms with van der Waals surface area (Å²) in [6.45, 7) is 3.18. The largest absolute Gasteiger partial charge is 0.480 e. The van der Waals surface area contributed by atoms with Crippen LogP contribution in [0.2, 0.25) is 0 Å². The third kappa shape index (κ3) is 2.86. The van der Waals surface area contributed by atoms with Gasteiger partial charge in [0.2, 0.25) is 0 Å². The third-order valence-corrected chi connectivity index (χ3v) is 3.46. The van der Waals surface area contributed by atoms with Gasteiger partial charge in [0.25, 0.3) is 0 Å². The van der Waals surface area contributed by atoms with Gasteiger partial charge in [-0.2, -0.15) is 0 Å². The second kappa shape index (κ2) is 5.91. The van der Waals surface area contributed by atoms with Gasteiger partial charge in [0.05, 0.1) is 12.1 Å². The zero-order valence-electron chi connectivity index (χ0n) is 12.0. The van der Waals surface area contributed by atoms with Crippen LogP contribution in [0.25, 0.3) is 10.9 Å². The summed E-state index contributed by atoms with van der Waals surface area (Å²) in [4.78, 5) is 27.9. The fourth-order valence-corrected chi connectivity index (χ4v) is 2.22. The van der Waals surface area contributed by atoms with Gasteiger partial charge in [-0.3, -0.25) is 14.6 Å². The first-order chi connectivity index (χ1) is 9.99. The highest BCUT2D eigenvalue weighted by atomic mass is 16.5. The summed E-state index contributed by atoms with van der Waals surface area (Å²) in [5.74, 6) is -1.93. The van der Waals surface area contributed by atoms with E-state index in [1.165, 1.54) is 6.92 Å². The number of carboxylic acid groups (broad SMARTS) is 1. The molecule has 1 unspecified atom stereocenters. The van der Waals surface area contributed by atoms with Gasteiger partial charge < -0.3 is 9.84 Å². The van der Waals surface area contributed by atoms with Crippen molar-refractivity contribution < 1.29 is 19.4 Å². The molecule has 1 aromatic heterocycles. The molecule has 0 bridgehead atoms. The predicted octanol–water partition coefficient (Wildman–Crippen LogP) is 2.43. The van der Waals surface area contributed by atoms with E-state index in [9.17, 15) is 14.7 Å². The van der Waals surface area contributed by atoms with Crippen molar-refractivity contribution in [3.05, 3.63) is 42.1 Å². The molecule has 0 aliphatic heterocycles. The Morgan fingerprint density at radius 1 is 1.29 bits per heavy atom. The zero-order chi connectivity index (χ0) is 15.5. The fourth-order valence-electron chi connectivity index (χ4n) is 2.22. The molecule has 0 amide bonds. The number of carbonyl (C=O) groups is 2. The summed E-state index contributed by atoms with van der Waals surface area (Å²) in [5.41, 5.74) is -0.204. The van der Waals surface area contributed by atoms with Gasteiger partial charge in [-0.15, -0.1) is 0 Å². The smallest absolute Gasteiger partial charge is 0.323 e. The monoisotopic (exact) mass is 287 g/mol. The molecule has 0 saturated carbocycles. The Balaban J connectivity index is 2.45. The first kappa shape index (κ1) is 15.0. The van der Waals surface area contributed by atoms with E-state index in [0.29, 0.717) is 11.1 Å². The van der Waals surface area contributed by atoms with Gasteiger partial charge in [-0.05, 0) is 25.5 Å². The topological polar surface area (TPSA) is 76.5 Å². The molecule has 2 aromatic rings. The Bertz CT molecular complexity index is 678. The Morgan fingerprint density at radius 2 is 2.00 bits per heavy atom. The number of pyridine rings is 1. The van der Waals surface area contributed by atoms with E-state index in [2.05, 4.69) is 4.98 Å². The van der Waals surface area contributed by atoms with E-state index < -0.39 is 17.4 Å². The SMILES string of the molecule is CCOC(=O)C(C)(Cc1cccc2cccnc12)C(=O)O. The van der Waals surface area contributed by atoms with Crippen LogP contribution in [0.5, 0.6) is 0 Å². The van der Waals surface area contributed by atoms with Crippen LogP contribution in [-0.2, 0) is 20.7 Å². The lowest BCUT2D eigenvalue weighted by molar-refractivity contribution is -0.167. The summed E-state index contributed by atoms with van der Waals surface area (Å²) in [5, 5.41) is 10.4. The van der Waals surface area contributed by atoms with Crippen LogP contribution in [0.15, 0.2) is 36.5 Å². The summed E-state index contributed by atoms with van der Waals surface area (Å²) in [6.07, 6.45) is 1.68. The maximum absolute atomic E-state index is 12.0. The zero-order valence-corrected chi connectivity index (χ0v) is 12.0. The lowest BCUT2D eigenvalue weighted by Gasteiger charge is -2.23.